The van der Waals surface area contributed by atoms with E-state index in [4.69, 9.17) is 4.74 Å². The molecule has 2 N–H and O–H groups in total. The molecule has 1 heterocycles. The Morgan fingerprint density at radius 3 is 2.76 bits per heavy atom. The minimum absolute atomic E-state index is 0.624. The van der Waals surface area contributed by atoms with E-state index in [9.17, 15) is 0 Å². The first kappa shape index (κ1) is 13.2. The second-order valence-corrected chi connectivity index (χ2v) is 4.47. The van der Waals surface area contributed by atoms with E-state index in [0.29, 0.717) is 12.6 Å². The average molecular weight is 280 g/mol. The first-order valence-electron chi connectivity index (χ1n) is 6.82. The van der Waals surface area contributed by atoms with Gasteiger partial charge in [0.25, 0.3) is 0 Å². The number of para-hydroxylation sites is 2. The Kier molecular flexibility index (Phi) is 3.82. The summed E-state index contributed by atoms with van der Waals surface area (Å²) in [6.07, 6.45) is 1.74. The number of hydrogen-bond acceptors (Lipinski definition) is 4. The summed E-state index contributed by atoms with van der Waals surface area (Å²) in [7, 11) is 0. The summed E-state index contributed by atoms with van der Waals surface area (Å²) in [6.45, 7) is 2.63. The van der Waals surface area contributed by atoms with Crippen LogP contribution in [0.15, 0.2) is 53.6 Å². The Balaban J connectivity index is 1.66. The molecule has 0 saturated heterocycles. The van der Waals surface area contributed by atoms with E-state index >= 15 is 0 Å². The first-order valence-corrected chi connectivity index (χ1v) is 6.82. The minimum atomic E-state index is 0.624. The number of imidazole rings is 1. The van der Waals surface area contributed by atoms with Crippen molar-refractivity contribution >= 4 is 23.2 Å². The van der Waals surface area contributed by atoms with Crippen molar-refractivity contribution in [2.24, 2.45) is 5.10 Å². The first-order chi connectivity index (χ1) is 10.3. The highest BCUT2D eigenvalue weighted by Crippen LogP contribution is 2.13. The third kappa shape index (κ3) is 3.20. The van der Waals surface area contributed by atoms with Crippen LogP contribution < -0.4 is 10.2 Å². The fourth-order valence-electron chi connectivity index (χ4n) is 1.99. The molecule has 5 nitrogen and oxygen atoms in total. The standard InChI is InChI=1S/C16H16N4O/c1-2-21-13-9-7-12(8-10-13)11-17-20-16-18-14-5-3-4-6-15(14)19-16/h3-11H,2H2,1H3,(H2,18,19,20)/b17-11-. The molecule has 0 bridgehead atoms. The maximum atomic E-state index is 5.39. The molecule has 0 aliphatic rings. The second kappa shape index (κ2) is 6.09. The lowest BCUT2D eigenvalue weighted by atomic mass is 10.2. The zero-order chi connectivity index (χ0) is 14.5. The van der Waals surface area contributed by atoms with Crippen molar-refractivity contribution in [3.8, 4) is 5.75 Å². The van der Waals surface area contributed by atoms with Crippen LogP contribution in [-0.4, -0.2) is 22.8 Å². The van der Waals surface area contributed by atoms with Crippen LogP contribution >= 0.6 is 0 Å². The number of nitrogens with zero attached hydrogens (tertiary/aromatic N) is 2. The fraction of sp³-hybridized carbons (Fsp3) is 0.125. The number of benzene rings is 2. The zero-order valence-electron chi connectivity index (χ0n) is 11.7. The number of fused-ring (bicyclic) bond motifs is 1. The molecule has 3 rings (SSSR count). The molecule has 0 spiro atoms. The molecular formula is C16H16N4O. The number of aromatic nitrogens is 2. The van der Waals surface area contributed by atoms with Gasteiger partial charge in [-0.25, -0.2) is 10.4 Å². The van der Waals surface area contributed by atoms with E-state index in [1.54, 1.807) is 6.21 Å². The summed E-state index contributed by atoms with van der Waals surface area (Å²) < 4.78 is 5.39. The maximum Gasteiger partial charge on any atom is 0.222 e. The van der Waals surface area contributed by atoms with Gasteiger partial charge in [-0.15, -0.1) is 0 Å². The number of aromatic amines is 1. The molecule has 106 valence electrons. The number of anilines is 1. The number of nitrogens with one attached hydrogen (secondary N) is 2. The lowest BCUT2D eigenvalue weighted by Gasteiger charge is -2.01. The summed E-state index contributed by atoms with van der Waals surface area (Å²) in [6, 6.07) is 15.6. The highest BCUT2D eigenvalue weighted by atomic mass is 16.5. The van der Waals surface area contributed by atoms with Gasteiger partial charge in [0.1, 0.15) is 5.75 Å². The van der Waals surface area contributed by atoms with Crippen LogP contribution in [0.1, 0.15) is 12.5 Å². The summed E-state index contributed by atoms with van der Waals surface area (Å²) in [4.78, 5) is 7.53. The molecular weight excluding hydrogens is 264 g/mol. The molecule has 3 aromatic rings. The largest absolute Gasteiger partial charge is 0.494 e. The molecule has 5 heteroatoms. The number of ether oxygens (including phenoxy) is 1. The molecule has 0 aliphatic carbocycles. The maximum absolute atomic E-state index is 5.39. The summed E-state index contributed by atoms with van der Waals surface area (Å²) >= 11 is 0. The third-order valence-corrected chi connectivity index (χ3v) is 2.96. The molecule has 0 aliphatic heterocycles. The predicted molar refractivity (Wildman–Crippen MR) is 84.9 cm³/mol. The lowest BCUT2D eigenvalue weighted by molar-refractivity contribution is 0.340. The lowest BCUT2D eigenvalue weighted by Crippen LogP contribution is -1.93. The fourth-order valence-corrected chi connectivity index (χ4v) is 1.99. The van der Waals surface area contributed by atoms with Crippen LogP contribution in [0.2, 0.25) is 0 Å². The molecule has 0 radical (unpaired) electrons. The van der Waals surface area contributed by atoms with Gasteiger partial charge in [-0.1, -0.05) is 12.1 Å². The van der Waals surface area contributed by atoms with Gasteiger partial charge in [0.2, 0.25) is 5.95 Å². The molecule has 0 atom stereocenters. The van der Waals surface area contributed by atoms with Crippen molar-refractivity contribution in [1.82, 2.24) is 9.97 Å². The summed E-state index contributed by atoms with van der Waals surface area (Å²) in [5.41, 5.74) is 5.78. The molecule has 2 aromatic carbocycles. The van der Waals surface area contributed by atoms with Crippen molar-refractivity contribution in [3.05, 3.63) is 54.1 Å². The summed E-state index contributed by atoms with van der Waals surface area (Å²) in [5.74, 6) is 1.48. The van der Waals surface area contributed by atoms with Gasteiger partial charge in [0.15, 0.2) is 0 Å². The van der Waals surface area contributed by atoms with E-state index in [1.807, 2.05) is 55.5 Å². The molecule has 21 heavy (non-hydrogen) atoms. The normalized spacial score (nSPS) is 11.1. The van der Waals surface area contributed by atoms with Crippen LogP contribution in [0, 0.1) is 0 Å². The van der Waals surface area contributed by atoms with E-state index in [1.165, 1.54) is 0 Å². The molecule has 0 fully saturated rings. The highest BCUT2D eigenvalue weighted by Gasteiger charge is 1.99. The van der Waals surface area contributed by atoms with Crippen molar-refractivity contribution < 1.29 is 4.74 Å². The number of hydrazone groups is 1. The number of hydrogen-bond donors (Lipinski definition) is 2. The van der Waals surface area contributed by atoms with Crippen LogP contribution in [-0.2, 0) is 0 Å². The Labute approximate surface area is 122 Å². The van der Waals surface area contributed by atoms with Crippen LogP contribution in [0.4, 0.5) is 5.95 Å². The van der Waals surface area contributed by atoms with Crippen molar-refractivity contribution in [2.75, 3.05) is 12.0 Å². The van der Waals surface area contributed by atoms with Crippen LogP contribution in [0.5, 0.6) is 5.75 Å². The van der Waals surface area contributed by atoms with Gasteiger partial charge in [-0.2, -0.15) is 5.10 Å². The van der Waals surface area contributed by atoms with Crippen molar-refractivity contribution in [2.45, 2.75) is 6.92 Å². The summed E-state index contributed by atoms with van der Waals surface area (Å²) in [5, 5.41) is 4.17. The molecule has 0 amide bonds. The molecule has 0 saturated carbocycles. The van der Waals surface area contributed by atoms with Gasteiger partial charge < -0.3 is 9.72 Å². The van der Waals surface area contributed by atoms with Gasteiger partial charge in [0, 0.05) is 0 Å². The van der Waals surface area contributed by atoms with E-state index < -0.39 is 0 Å². The van der Waals surface area contributed by atoms with Gasteiger partial charge in [-0.3, -0.25) is 0 Å². The Morgan fingerprint density at radius 2 is 2.00 bits per heavy atom. The predicted octanol–water partition coefficient (Wildman–Crippen LogP) is 3.41. The number of rotatable bonds is 5. The second-order valence-electron chi connectivity index (χ2n) is 4.47. The Hall–Kier alpha value is -2.82. The minimum Gasteiger partial charge on any atom is -0.494 e. The Morgan fingerprint density at radius 1 is 1.19 bits per heavy atom. The Bertz CT molecular complexity index is 713. The third-order valence-electron chi connectivity index (χ3n) is 2.96. The van der Waals surface area contributed by atoms with Crippen LogP contribution in [0.25, 0.3) is 11.0 Å². The van der Waals surface area contributed by atoms with Gasteiger partial charge in [0.05, 0.1) is 23.9 Å². The smallest absolute Gasteiger partial charge is 0.222 e. The topological polar surface area (TPSA) is 62.3 Å². The van der Waals surface area contributed by atoms with Crippen molar-refractivity contribution in [1.29, 1.82) is 0 Å². The van der Waals surface area contributed by atoms with E-state index in [0.717, 1.165) is 22.3 Å². The quantitative estimate of drug-likeness (QED) is 0.556. The SMILES string of the molecule is CCOc1ccc(/C=N\Nc2nc3ccccc3[nH]2)cc1. The van der Waals surface area contributed by atoms with E-state index in [2.05, 4.69) is 20.5 Å². The van der Waals surface area contributed by atoms with Crippen molar-refractivity contribution in [3.63, 3.8) is 0 Å². The van der Waals surface area contributed by atoms with Crippen LogP contribution in [0.3, 0.4) is 0 Å². The monoisotopic (exact) mass is 280 g/mol. The number of H-pyrrole nitrogens is 1. The average Bonchev–Trinajstić information content (AvgIpc) is 2.92. The van der Waals surface area contributed by atoms with Gasteiger partial charge >= 0.3 is 0 Å². The van der Waals surface area contributed by atoms with Gasteiger partial charge in [-0.05, 0) is 48.9 Å². The molecule has 0 unspecified atom stereocenters. The highest BCUT2D eigenvalue weighted by molar-refractivity contribution is 5.81. The zero-order valence-corrected chi connectivity index (χ0v) is 11.7. The molecule has 1 aromatic heterocycles. The van der Waals surface area contributed by atoms with E-state index in [-0.39, 0.29) is 0 Å².